The van der Waals surface area contributed by atoms with Crippen LogP contribution in [-0.2, 0) is 11.3 Å². The van der Waals surface area contributed by atoms with E-state index in [1.165, 1.54) is 12.0 Å². The molecule has 3 nitrogen and oxygen atoms in total. The van der Waals surface area contributed by atoms with Gasteiger partial charge in [-0.2, -0.15) is 11.3 Å². The second kappa shape index (κ2) is 6.76. The van der Waals surface area contributed by atoms with Crippen molar-refractivity contribution in [3.05, 3.63) is 58.3 Å². The van der Waals surface area contributed by atoms with Gasteiger partial charge in [-0.05, 0) is 47.2 Å². The topological polar surface area (TPSA) is 29.5 Å². The number of benzene rings is 1. The molecule has 0 radical (unpaired) electrons. The molecule has 1 fully saturated rings. The fourth-order valence-electron chi connectivity index (χ4n) is 2.76. The molecule has 1 aliphatic rings. The molecule has 0 N–H and O–H groups in total. The molecular weight excluding hydrogens is 282 g/mol. The van der Waals surface area contributed by atoms with Crippen molar-refractivity contribution >= 4 is 17.4 Å². The van der Waals surface area contributed by atoms with E-state index in [0.29, 0.717) is 6.61 Å². The Hall–Kier alpha value is -1.81. The van der Waals surface area contributed by atoms with Crippen molar-refractivity contribution in [3.63, 3.8) is 0 Å². The van der Waals surface area contributed by atoms with Gasteiger partial charge in [0, 0.05) is 6.54 Å². The van der Waals surface area contributed by atoms with Gasteiger partial charge in [0.15, 0.2) is 0 Å². The molecule has 0 saturated carbocycles. The van der Waals surface area contributed by atoms with E-state index >= 15 is 0 Å². The number of likely N-dealkylation sites (tertiary alicyclic amines) is 1. The smallest absolute Gasteiger partial charge is 0.410 e. The van der Waals surface area contributed by atoms with Crippen LogP contribution in [0.4, 0.5) is 4.79 Å². The Morgan fingerprint density at radius 3 is 2.86 bits per heavy atom. The lowest BCUT2D eigenvalue weighted by Gasteiger charge is -2.34. The van der Waals surface area contributed by atoms with Gasteiger partial charge >= 0.3 is 6.09 Å². The Balaban J connectivity index is 1.64. The summed E-state index contributed by atoms with van der Waals surface area (Å²) in [6, 6.07) is 12.1. The van der Waals surface area contributed by atoms with Gasteiger partial charge < -0.3 is 9.64 Å². The van der Waals surface area contributed by atoms with Crippen molar-refractivity contribution in [1.82, 2.24) is 4.90 Å². The van der Waals surface area contributed by atoms with Gasteiger partial charge in [0.1, 0.15) is 6.61 Å². The maximum atomic E-state index is 12.4. The summed E-state index contributed by atoms with van der Waals surface area (Å²) in [4.78, 5) is 14.3. The van der Waals surface area contributed by atoms with Crippen LogP contribution < -0.4 is 0 Å². The zero-order valence-electron chi connectivity index (χ0n) is 11.9. The monoisotopic (exact) mass is 301 g/mol. The first-order valence-corrected chi connectivity index (χ1v) is 8.28. The predicted molar refractivity (Wildman–Crippen MR) is 84.2 cm³/mol. The molecule has 1 amide bonds. The molecule has 2 heterocycles. The average molecular weight is 301 g/mol. The van der Waals surface area contributed by atoms with Gasteiger partial charge in [-0.3, -0.25) is 0 Å². The van der Waals surface area contributed by atoms with E-state index in [1.807, 2.05) is 35.2 Å². The van der Waals surface area contributed by atoms with Gasteiger partial charge in [0.2, 0.25) is 0 Å². The number of carbonyl (C=O) groups excluding carboxylic acids is 1. The molecule has 3 rings (SSSR count). The fourth-order valence-corrected chi connectivity index (χ4v) is 3.47. The van der Waals surface area contributed by atoms with Gasteiger partial charge in [0.25, 0.3) is 0 Å². The highest BCUT2D eigenvalue weighted by Gasteiger charge is 2.29. The molecule has 1 unspecified atom stereocenters. The van der Waals surface area contributed by atoms with E-state index in [2.05, 4.69) is 16.8 Å². The van der Waals surface area contributed by atoms with Crippen LogP contribution in [0.1, 0.15) is 36.4 Å². The van der Waals surface area contributed by atoms with Gasteiger partial charge in [-0.1, -0.05) is 30.3 Å². The third kappa shape index (κ3) is 3.45. The van der Waals surface area contributed by atoms with E-state index in [9.17, 15) is 4.79 Å². The average Bonchev–Trinajstić information content (AvgIpc) is 3.08. The summed E-state index contributed by atoms with van der Waals surface area (Å²) in [7, 11) is 0. The van der Waals surface area contributed by atoms with Crippen molar-refractivity contribution in [2.45, 2.75) is 31.9 Å². The van der Waals surface area contributed by atoms with Crippen molar-refractivity contribution in [2.24, 2.45) is 0 Å². The molecule has 1 saturated heterocycles. The van der Waals surface area contributed by atoms with Crippen LogP contribution in [0.2, 0.25) is 0 Å². The van der Waals surface area contributed by atoms with E-state index in [0.717, 1.165) is 24.9 Å². The van der Waals surface area contributed by atoms with E-state index in [4.69, 9.17) is 4.74 Å². The third-order valence-corrected chi connectivity index (χ3v) is 4.57. The number of nitrogens with zero attached hydrogens (tertiary/aromatic N) is 1. The lowest BCUT2D eigenvalue weighted by Crippen LogP contribution is -2.38. The van der Waals surface area contributed by atoms with Crippen molar-refractivity contribution in [3.8, 4) is 0 Å². The maximum absolute atomic E-state index is 12.4. The Labute approximate surface area is 129 Å². The zero-order chi connectivity index (χ0) is 14.5. The minimum atomic E-state index is -0.199. The molecule has 0 spiro atoms. The Kier molecular flexibility index (Phi) is 4.55. The maximum Gasteiger partial charge on any atom is 0.410 e. The van der Waals surface area contributed by atoms with Crippen LogP contribution in [-0.4, -0.2) is 17.5 Å². The normalized spacial score (nSPS) is 18.5. The summed E-state index contributed by atoms with van der Waals surface area (Å²) >= 11 is 1.68. The lowest BCUT2D eigenvalue weighted by molar-refractivity contribution is 0.0680. The standard InChI is InChI=1S/C17H19NO2S/c19-17(20-12-14-6-2-1-3-7-14)18-10-5-4-8-16(18)15-9-11-21-13-15/h1-3,6-7,9,11,13,16H,4-5,8,10,12H2. The number of amides is 1. The van der Waals surface area contributed by atoms with Crippen LogP contribution in [0.3, 0.4) is 0 Å². The number of carbonyl (C=O) groups is 1. The van der Waals surface area contributed by atoms with Crippen LogP contribution in [0, 0.1) is 0 Å². The Bertz CT molecular complexity index is 568. The van der Waals surface area contributed by atoms with Crippen LogP contribution in [0.5, 0.6) is 0 Å². The largest absolute Gasteiger partial charge is 0.445 e. The van der Waals surface area contributed by atoms with E-state index in [-0.39, 0.29) is 12.1 Å². The Morgan fingerprint density at radius 2 is 2.10 bits per heavy atom. The predicted octanol–water partition coefficient (Wildman–Crippen LogP) is 4.61. The summed E-state index contributed by atoms with van der Waals surface area (Å²) in [5.41, 5.74) is 2.26. The molecule has 2 aromatic rings. The Morgan fingerprint density at radius 1 is 1.24 bits per heavy atom. The molecular formula is C17H19NO2S. The van der Waals surface area contributed by atoms with Crippen molar-refractivity contribution in [1.29, 1.82) is 0 Å². The second-order valence-electron chi connectivity index (χ2n) is 5.30. The number of hydrogen-bond donors (Lipinski definition) is 0. The first kappa shape index (κ1) is 14.1. The zero-order valence-corrected chi connectivity index (χ0v) is 12.7. The number of rotatable bonds is 3. The third-order valence-electron chi connectivity index (χ3n) is 3.87. The summed E-state index contributed by atoms with van der Waals surface area (Å²) in [6.45, 7) is 1.13. The first-order chi connectivity index (χ1) is 10.3. The molecule has 1 atom stereocenters. The van der Waals surface area contributed by atoms with E-state index < -0.39 is 0 Å². The van der Waals surface area contributed by atoms with Crippen molar-refractivity contribution < 1.29 is 9.53 Å². The molecule has 110 valence electrons. The summed E-state index contributed by atoms with van der Waals surface area (Å²) in [5, 5.41) is 4.20. The minimum absolute atomic E-state index is 0.174. The van der Waals surface area contributed by atoms with Crippen LogP contribution in [0.25, 0.3) is 0 Å². The highest BCUT2D eigenvalue weighted by atomic mass is 32.1. The summed E-state index contributed by atoms with van der Waals surface area (Å²) in [6.07, 6.45) is 3.05. The molecule has 1 aliphatic heterocycles. The summed E-state index contributed by atoms with van der Waals surface area (Å²) < 4.78 is 5.49. The molecule has 1 aromatic heterocycles. The van der Waals surface area contributed by atoms with E-state index in [1.54, 1.807) is 11.3 Å². The molecule has 1 aromatic carbocycles. The summed E-state index contributed by atoms with van der Waals surface area (Å²) in [5.74, 6) is 0. The number of piperidine rings is 1. The first-order valence-electron chi connectivity index (χ1n) is 7.34. The quantitative estimate of drug-likeness (QED) is 0.828. The van der Waals surface area contributed by atoms with Gasteiger partial charge in [0.05, 0.1) is 6.04 Å². The van der Waals surface area contributed by atoms with Crippen molar-refractivity contribution in [2.75, 3.05) is 6.54 Å². The van der Waals surface area contributed by atoms with Gasteiger partial charge in [-0.15, -0.1) is 0 Å². The SMILES string of the molecule is O=C(OCc1ccccc1)N1CCCCC1c1ccsc1. The number of ether oxygens (including phenoxy) is 1. The molecule has 21 heavy (non-hydrogen) atoms. The molecule has 0 bridgehead atoms. The molecule has 4 heteroatoms. The second-order valence-corrected chi connectivity index (χ2v) is 6.08. The molecule has 0 aliphatic carbocycles. The lowest BCUT2D eigenvalue weighted by atomic mass is 9.98. The minimum Gasteiger partial charge on any atom is -0.445 e. The van der Waals surface area contributed by atoms with Gasteiger partial charge in [-0.25, -0.2) is 4.79 Å². The highest BCUT2D eigenvalue weighted by Crippen LogP contribution is 2.32. The fraction of sp³-hybridized carbons (Fsp3) is 0.353. The van der Waals surface area contributed by atoms with Crippen LogP contribution in [0.15, 0.2) is 47.2 Å². The highest BCUT2D eigenvalue weighted by molar-refractivity contribution is 7.07. The van der Waals surface area contributed by atoms with Crippen LogP contribution >= 0.6 is 11.3 Å². The number of thiophene rings is 1. The number of hydrogen-bond acceptors (Lipinski definition) is 3.